The van der Waals surface area contributed by atoms with E-state index in [9.17, 15) is 52.4 Å². The summed E-state index contributed by atoms with van der Waals surface area (Å²) in [6.07, 6.45) is -5.95. The van der Waals surface area contributed by atoms with Gasteiger partial charge in [0.1, 0.15) is 18.8 Å². The van der Waals surface area contributed by atoms with Crippen LogP contribution in [0.2, 0.25) is 0 Å². The van der Waals surface area contributed by atoms with Crippen molar-refractivity contribution >= 4 is 64.2 Å². The number of amides is 3. The Hall–Kier alpha value is -4.52. The molecule has 0 fully saturated rings. The van der Waals surface area contributed by atoms with Crippen LogP contribution >= 0.6 is 23.2 Å². The molecule has 6 N–H and O–H groups in total. The molecule has 0 aromatic heterocycles. The molecule has 15 nitrogen and oxygen atoms in total. The van der Waals surface area contributed by atoms with Crippen LogP contribution in [0.1, 0.15) is 36.5 Å². The molecule has 2 aromatic carbocycles. The number of benzene rings is 2. The van der Waals surface area contributed by atoms with Crippen LogP contribution in [0, 0.1) is 10.1 Å². The summed E-state index contributed by atoms with van der Waals surface area (Å²) < 4.78 is 48.7. The molecule has 2 aromatic rings. The van der Waals surface area contributed by atoms with Crippen LogP contribution in [0.5, 0.6) is 0 Å². The molecular formula is C29H32Cl2F3N5O10. The number of halogens is 5. The molecule has 0 heterocycles. The van der Waals surface area contributed by atoms with Crippen LogP contribution in [-0.2, 0) is 39.9 Å². The minimum atomic E-state index is -5.12. The molecule has 0 unspecified atom stereocenters. The standard InChI is InChI=1S/C29H32Cl2F3N5O10/c30-25(31)26(42)38-21(14-48-15-22(40)37-20(27(43)44)3-1-2-12-35)24(17-6-10-19(11-7-17)39(46)47)49-23(41)13-16-4-8-18(9-5-16)36-28(45)29(32,33)34/h4-11,20-21,24-25H,1-3,12-15,35H2,(H,36,45)(H,37,40)(H,38,42)(H,43,44)/t20-,21+,24+/m0/s1. The highest BCUT2D eigenvalue weighted by atomic mass is 35.5. The van der Waals surface area contributed by atoms with Gasteiger partial charge in [-0.05, 0) is 61.2 Å². The molecule has 0 radical (unpaired) electrons. The first kappa shape index (κ1) is 40.7. The second-order valence-electron chi connectivity index (χ2n) is 10.3. The summed E-state index contributed by atoms with van der Waals surface area (Å²) in [5, 5.41) is 27.0. The number of alkyl halides is 5. The number of anilines is 1. The molecule has 49 heavy (non-hydrogen) atoms. The summed E-state index contributed by atoms with van der Waals surface area (Å²) in [7, 11) is 0. The Morgan fingerprint density at radius 1 is 0.980 bits per heavy atom. The number of carboxylic acid groups (broad SMARTS) is 1. The van der Waals surface area contributed by atoms with Crippen molar-refractivity contribution in [1.29, 1.82) is 0 Å². The number of hydrogen-bond donors (Lipinski definition) is 5. The molecule has 0 saturated carbocycles. The number of rotatable bonds is 19. The Labute approximate surface area is 286 Å². The summed E-state index contributed by atoms with van der Waals surface area (Å²) in [4.78, 5) is 69.7. The van der Waals surface area contributed by atoms with Crippen molar-refractivity contribution in [2.75, 3.05) is 25.1 Å². The van der Waals surface area contributed by atoms with E-state index in [0.29, 0.717) is 19.4 Å². The van der Waals surface area contributed by atoms with Crippen LogP contribution in [0.15, 0.2) is 48.5 Å². The zero-order chi connectivity index (χ0) is 36.7. The fraction of sp³-hybridized carbons (Fsp3) is 0.414. The normalized spacial score (nSPS) is 13.1. The number of nitrogens with two attached hydrogens (primary N) is 1. The highest BCUT2D eigenvalue weighted by molar-refractivity contribution is 6.53. The number of nitro benzene ring substituents is 1. The second-order valence-corrected chi connectivity index (χ2v) is 11.4. The van der Waals surface area contributed by atoms with E-state index in [2.05, 4.69) is 10.6 Å². The summed E-state index contributed by atoms with van der Waals surface area (Å²) >= 11 is 11.4. The molecule has 0 spiro atoms. The van der Waals surface area contributed by atoms with E-state index < -0.39 is 83.4 Å². The Morgan fingerprint density at radius 3 is 2.14 bits per heavy atom. The molecule has 3 atom stereocenters. The number of carbonyl (C=O) groups is 5. The van der Waals surface area contributed by atoms with Crippen molar-refractivity contribution in [3.63, 3.8) is 0 Å². The predicted molar refractivity (Wildman–Crippen MR) is 167 cm³/mol. The number of hydrogen-bond acceptors (Lipinski definition) is 10. The summed E-state index contributed by atoms with van der Waals surface area (Å²) in [6.45, 7) is -0.913. The molecule has 2 rings (SSSR count). The van der Waals surface area contributed by atoms with Gasteiger partial charge in [-0.1, -0.05) is 35.3 Å². The molecule has 0 aliphatic carbocycles. The molecule has 268 valence electrons. The number of ether oxygens (including phenoxy) is 2. The smallest absolute Gasteiger partial charge is 0.471 e. The molecular weight excluding hydrogens is 706 g/mol. The maximum absolute atomic E-state index is 13.1. The molecule has 0 aliphatic heterocycles. The molecule has 20 heteroatoms. The third-order valence-electron chi connectivity index (χ3n) is 6.51. The van der Waals surface area contributed by atoms with Gasteiger partial charge >= 0.3 is 24.0 Å². The molecule has 3 amide bonds. The maximum Gasteiger partial charge on any atom is 0.471 e. The molecule has 0 bridgehead atoms. The lowest BCUT2D eigenvalue weighted by Crippen LogP contribution is -2.47. The number of carboxylic acids is 1. The van der Waals surface area contributed by atoms with Gasteiger partial charge in [-0.25, -0.2) is 4.79 Å². The first-order valence-electron chi connectivity index (χ1n) is 14.3. The zero-order valence-electron chi connectivity index (χ0n) is 25.4. The largest absolute Gasteiger partial charge is 0.480 e. The highest BCUT2D eigenvalue weighted by Gasteiger charge is 2.38. The summed E-state index contributed by atoms with van der Waals surface area (Å²) in [6, 6.07) is 6.85. The number of carbonyl (C=O) groups excluding carboxylic acids is 4. The zero-order valence-corrected chi connectivity index (χ0v) is 26.9. The van der Waals surface area contributed by atoms with Crippen molar-refractivity contribution in [2.24, 2.45) is 5.73 Å². The lowest BCUT2D eigenvalue weighted by Gasteiger charge is -2.28. The highest BCUT2D eigenvalue weighted by Crippen LogP contribution is 2.26. The average Bonchev–Trinajstić information content (AvgIpc) is 3.03. The van der Waals surface area contributed by atoms with Crippen molar-refractivity contribution in [1.82, 2.24) is 10.6 Å². The van der Waals surface area contributed by atoms with Gasteiger partial charge in [0, 0.05) is 17.8 Å². The quantitative estimate of drug-likeness (QED) is 0.0463. The number of non-ortho nitro benzene ring substituents is 1. The SMILES string of the molecule is NCCCC[C@H](NC(=O)COC[C@@H](NC(=O)C(Cl)Cl)[C@H](OC(=O)Cc1ccc(NC(=O)C(F)(F)F)cc1)c1ccc([N+](=O)[O-])cc1)C(=O)O. The van der Waals surface area contributed by atoms with E-state index in [4.69, 9.17) is 38.4 Å². The van der Waals surface area contributed by atoms with E-state index >= 15 is 0 Å². The molecule has 0 aliphatic rings. The van der Waals surface area contributed by atoms with E-state index in [1.807, 2.05) is 0 Å². The fourth-order valence-electron chi connectivity index (χ4n) is 4.14. The Kier molecular flexibility index (Phi) is 16.2. The third kappa shape index (κ3) is 14.2. The monoisotopic (exact) mass is 737 g/mol. The Bertz CT molecular complexity index is 1460. The average molecular weight is 739 g/mol. The third-order valence-corrected chi connectivity index (χ3v) is 6.91. The van der Waals surface area contributed by atoms with Gasteiger partial charge in [0.2, 0.25) is 5.91 Å². The fourth-order valence-corrected chi connectivity index (χ4v) is 4.27. The first-order chi connectivity index (χ1) is 23.0. The van der Waals surface area contributed by atoms with E-state index in [1.165, 1.54) is 24.3 Å². The van der Waals surface area contributed by atoms with Crippen LogP contribution in [0.25, 0.3) is 0 Å². The van der Waals surface area contributed by atoms with Gasteiger partial charge in [-0.3, -0.25) is 29.3 Å². The first-order valence-corrected chi connectivity index (χ1v) is 15.2. The number of nitrogens with one attached hydrogen (secondary N) is 3. The number of nitro groups is 1. The topological polar surface area (TPSA) is 229 Å². The molecule has 0 saturated heterocycles. The van der Waals surface area contributed by atoms with Gasteiger partial charge in [-0.2, -0.15) is 13.2 Å². The van der Waals surface area contributed by atoms with Gasteiger partial charge < -0.3 is 36.3 Å². The number of nitrogens with zero attached hydrogens (tertiary/aromatic N) is 1. The lowest BCUT2D eigenvalue weighted by atomic mass is 10.0. The number of unbranched alkanes of at least 4 members (excludes halogenated alkanes) is 1. The second kappa shape index (κ2) is 19.5. The Morgan fingerprint density at radius 2 is 1.61 bits per heavy atom. The van der Waals surface area contributed by atoms with E-state index in [-0.39, 0.29) is 28.9 Å². The van der Waals surface area contributed by atoms with Crippen molar-refractivity contribution in [2.45, 2.75) is 54.9 Å². The van der Waals surface area contributed by atoms with Crippen LogP contribution in [0.4, 0.5) is 24.5 Å². The van der Waals surface area contributed by atoms with Crippen molar-refractivity contribution in [3.8, 4) is 0 Å². The van der Waals surface area contributed by atoms with Crippen molar-refractivity contribution < 1.29 is 56.6 Å². The van der Waals surface area contributed by atoms with E-state index in [1.54, 1.807) is 5.32 Å². The number of aliphatic carboxylic acids is 1. The predicted octanol–water partition coefficient (Wildman–Crippen LogP) is 2.93. The number of esters is 1. The van der Waals surface area contributed by atoms with Gasteiger partial charge in [0.15, 0.2) is 4.84 Å². The van der Waals surface area contributed by atoms with Crippen LogP contribution in [-0.4, -0.2) is 82.5 Å². The van der Waals surface area contributed by atoms with E-state index in [0.717, 1.165) is 24.3 Å². The van der Waals surface area contributed by atoms with Crippen molar-refractivity contribution in [3.05, 3.63) is 69.8 Å². The minimum Gasteiger partial charge on any atom is -0.480 e. The minimum absolute atomic E-state index is 0.104. The maximum atomic E-state index is 13.1. The summed E-state index contributed by atoms with van der Waals surface area (Å²) in [5.41, 5.74) is 5.26. The van der Waals surface area contributed by atoms with Gasteiger partial charge in [-0.15, -0.1) is 0 Å². The van der Waals surface area contributed by atoms with Gasteiger partial charge in [0.05, 0.1) is 24.0 Å². The lowest BCUT2D eigenvalue weighted by molar-refractivity contribution is -0.384. The van der Waals surface area contributed by atoms with Crippen LogP contribution in [0.3, 0.4) is 0 Å². The Balaban J connectivity index is 2.27. The van der Waals surface area contributed by atoms with Crippen LogP contribution < -0.4 is 21.7 Å². The van der Waals surface area contributed by atoms with Gasteiger partial charge in [0.25, 0.3) is 11.6 Å². The summed E-state index contributed by atoms with van der Waals surface area (Å²) in [5.74, 6) is -6.21.